The summed E-state index contributed by atoms with van der Waals surface area (Å²) in [6.45, 7) is 1.93. The molecule has 200 valence electrons. The maximum absolute atomic E-state index is 12.8. The molecule has 7 heteroatoms. The molecule has 2 amide bonds. The summed E-state index contributed by atoms with van der Waals surface area (Å²) in [5, 5.41) is 10.2. The van der Waals surface area contributed by atoms with Crippen molar-refractivity contribution in [1.29, 1.82) is 0 Å². The van der Waals surface area contributed by atoms with Gasteiger partial charge in [0.25, 0.3) is 11.8 Å². The van der Waals surface area contributed by atoms with Gasteiger partial charge in [-0.05, 0) is 47.5 Å². The lowest BCUT2D eigenvalue weighted by Gasteiger charge is -2.25. The number of hydrogen-bond acceptors (Lipinski definition) is 4. The number of amides is 2. The molecular weight excluding hydrogens is 498 g/mol. The average molecular weight is 530 g/mol. The third-order valence-corrected chi connectivity index (χ3v) is 6.53. The third kappa shape index (κ3) is 6.82. The van der Waals surface area contributed by atoms with Crippen molar-refractivity contribution in [3.05, 3.63) is 139 Å². The minimum Gasteiger partial charge on any atom is -0.350 e. The highest BCUT2D eigenvalue weighted by Crippen LogP contribution is 2.24. The molecule has 0 fully saturated rings. The number of rotatable bonds is 11. The molecule has 0 aliphatic rings. The topological polar surface area (TPSA) is 79.3 Å². The van der Waals surface area contributed by atoms with Crippen LogP contribution in [0.15, 0.2) is 128 Å². The van der Waals surface area contributed by atoms with Gasteiger partial charge in [-0.2, -0.15) is 5.10 Å². The summed E-state index contributed by atoms with van der Waals surface area (Å²) in [6.07, 6.45) is 3.24. The van der Waals surface area contributed by atoms with Crippen molar-refractivity contribution in [2.24, 2.45) is 0 Å². The van der Waals surface area contributed by atoms with Crippen LogP contribution < -0.4 is 15.5 Å². The molecular formula is C33H31N5O2. The second kappa shape index (κ2) is 13.1. The monoisotopic (exact) mass is 529 g/mol. The van der Waals surface area contributed by atoms with Gasteiger partial charge in [0.1, 0.15) is 0 Å². The summed E-state index contributed by atoms with van der Waals surface area (Å²) < 4.78 is 1.66. The lowest BCUT2D eigenvalue weighted by atomic mass is 10.0. The van der Waals surface area contributed by atoms with Crippen molar-refractivity contribution < 1.29 is 9.59 Å². The predicted octanol–water partition coefficient (Wildman–Crippen LogP) is 5.55. The van der Waals surface area contributed by atoms with Crippen LogP contribution in [0.4, 0.5) is 11.4 Å². The highest BCUT2D eigenvalue weighted by atomic mass is 16.2. The van der Waals surface area contributed by atoms with Crippen molar-refractivity contribution in [2.45, 2.75) is 6.54 Å². The predicted molar refractivity (Wildman–Crippen MR) is 159 cm³/mol. The van der Waals surface area contributed by atoms with Gasteiger partial charge >= 0.3 is 0 Å². The van der Waals surface area contributed by atoms with E-state index in [0.717, 1.165) is 22.5 Å². The Labute approximate surface area is 234 Å². The van der Waals surface area contributed by atoms with Crippen LogP contribution in [0.1, 0.15) is 20.7 Å². The third-order valence-electron chi connectivity index (χ3n) is 6.53. The van der Waals surface area contributed by atoms with Crippen LogP contribution >= 0.6 is 0 Å². The molecule has 7 nitrogen and oxygen atoms in total. The molecule has 0 unspecified atom stereocenters. The summed E-state index contributed by atoms with van der Waals surface area (Å²) in [6, 6.07) is 37.8. The van der Waals surface area contributed by atoms with Crippen molar-refractivity contribution in [2.75, 3.05) is 24.5 Å². The first-order valence-corrected chi connectivity index (χ1v) is 13.3. The van der Waals surface area contributed by atoms with Crippen LogP contribution in [0.3, 0.4) is 0 Å². The Bertz CT molecular complexity index is 1480. The summed E-state index contributed by atoms with van der Waals surface area (Å²) >= 11 is 0. The number of nitrogens with zero attached hydrogens (tertiary/aromatic N) is 3. The number of carbonyl (C=O) groups excluding carboxylic acids is 2. The number of benzene rings is 4. The minimum atomic E-state index is -0.185. The molecule has 5 rings (SSSR count). The molecule has 2 N–H and O–H groups in total. The van der Waals surface area contributed by atoms with Crippen LogP contribution in [0.25, 0.3) is 11.1 Å². The van der Waals surface area contributed by atoms with E-state index < -0.39 is 0 Å². The van der Waals surface area contributed by atoms with Gasteiger partial charge in [0.15, 0.2) is 0 Å². The van der Waals surface area contributed by atoms with Gasteiger partial charge in [-0.1, -0.05) is 78.9 Å². The number of para-hydroxylation sites is 2. The van der Waals surface area contributed by atoms with Crippen LogP contribution in [-0.4, -0.2) is 41.2 Å². The number of aromatic nitrogens is 2. The Morgan fingerprint density at radius 2 is 1.15 bits per heavy atom. The first-order chi connectivity index (χ1) is 19.7. The maximum atomic E-state index is 12.8. The van der Waals surface area contributed by atoms with Gasteiger partial charge in [0.05, 0.1) is 18.3 Å². The maximum Gasteiger partial charge on any atom is 0.254 e. The van der Waals surface area contributed by atoms with E-state index in [4.69, 9.17) is 0 Å². The van der Waals surface area contributed by atoms with Gasteiger partial charge in [0.2, 0.25) is 0 Å². The first-order valence-electron chi connectivity index (χ1n) is 13.3. The second-order valence-electron chi connectivity index (χ2n) is 9.27. The fraction of sp³-hybridized carbons (Fsp3) is 0.121. The summed E-state index contributed by atoms with van der Waals surface area (Å²) in [4.78, 5) is 27.5. The zero-order chi connectivity index (χ0) is 27.6. The van der Waals surface area contributed by atoms with Crippen molar-refractivity contribution in [1.82, 2.24) is 20.4 Å². The fourth-order valence-electron chi connectivity index (χ4n) is 4.44. The standard InChI is InChI=1S/C33H31N5O2/c39-32(28-18-16-27(17-19-28)26-10-4-1-5-11-26)34-20-22-37-25-29(24-36-37)33(40)35-21-23-38(30-12-6-2-7-13-30)31-14-8-3-9-15-31/h1-19,24-25H,20-23H2,(H,34,39)(H,35,40). The van der Waals surface area contributed by atoms with Crippen LogP contribution in [0, 0.1) is 0 Å². The Morgan fingerprint density at radius 1 is 0.625 bits per heavy atom. The van der Waals surface area contributed by atoms with E-state index in [-0.39, 0.29) is 11.8 Å². The summed E-state index contributed by atoms with van der Waals surface area (Å²) in [5.41, 5.74) is 5.37. The Balaban J connectivity index is 1.09. The molecule has 1 heterocycles. The fourth-order valence-corrected chi connectivity index (χ4v) is 4.44. The summed E-state index contributed by atoms with van der Waals surface area (Å²) in [7, 11) is 0. The Hall–Kier alpha value is -5.17. The molecule has 0 aliphatic heterocycles. The van der Waals surface area contributed by atoms with Gasteiger partial charge in [0, 0.05) is 42.8 Å². The number of carbonyl (C=O) groups is 2. The molecule has 0 bridgehead atoms. The number of hydrogen-bond donors (Lipinski definition) is 2. The van der Waals surface area contributed by atoms with Crippen LogP contribution in [-0.2, 0) is 6.54 Å². The van der Waals surface area contributed by atoms with E-state index in [1.165, 1.54) is 0 Å². The number of nitrogens with one attached hydrogen (secondary N) is 2. The van der Waals surface area contributed by atoms with Crippen molar-refractivity contribution in [3.8, 4) is 11.1 Å². The van der Waals surface area contributed by atoms with Crippen LogP contribution in [0.5, 0.6) is 0 Å². The second-order valence-corrected chi connectivity index (χ2v) is 9.27. The molecule has 1 aromatic heterocycles. The normalized spacial score (nSPS) is 10.6. The van der Waals surface area contributed by atoms with Gasteiger partial charge in [-0.3, -0.25) is 14.3 Å². The van der Waals surface area contributed by atoms with E-state index in [0.29, 0.717) is 37.3 Å². The van der Waals surface area contributed by atoms with Crippen LogP contribution in [0.2, 0.25) is 0 Å². The highest BCUT2D eigenvalue weighted by Gasteiger charge is 2.12. The van der Waals surface area contributed by atoms with E-state index in [1.54, 1.807) is 17.1 Å². The molecule has 0 atom stereocenters. The Morgan fingerprint density at radius 3 is 1.77 bits per heavy atom. The highest BCUT2D eigenvalue weighted by molar-refractivity contribution is 5.95. The molecule has 5 aromatic rings. The lowest BCUT2D eigenvalue weighted by Crippen LogP contribution is -2.32. The smallest absolute Gasteiger partial charge is 0.254 e. The molecule has 0 saturated heterocycles. The van der Waals surface area contributed by atoms with Gasteiger partial charge in [-0.25, -0.2) is 0 Å². The first kappa shape index (κ1) is 26.4. The quantitative estimate of drug-likeness (QED) is 0.235. The van der Waals surface area contributed by atoms with E-state index in [2.05, 4.69) is 44.9 Å². The molecule has 0 aliphatic carbocycles. The molecule has 4 aromatic carbocycles. The zero-order valence-corrected chi connectivity index (χ0v) is 22.1. The number of anilines is 2. The lowest BCUT2D eigenvalue weighted by molar-refractivity contribution is 0.0943. The summed E-state index contributed by atoms with van der Waals surface area (Å²) in [5.74, 6) is -0.332. The average Bonchev–Trinajstić information content (AvgIpc) is 3.50. The van der Waals surface area contributed by atoms with Gasteiger partial charge < -0.3 is 15.5 Å². The SMILES string of the molecule is O=C(NCCN(c1ccccc1)c1ccccc1)c1cnn(CCNC(=O)c2ccc(-c3ccccc3)cc2)c1. The molecule has 0 saturated carbocycles. The molecule has 0 radical (unpaired) electrons. The molecule has 40 heavy (non-hydrogen) atoms. The van der Waals surface area contributed by atoms with Crippen molar-refractivity contribution >= 4 is 23.2 Å². The van der Waals surface area contributed by atoms with Gasteiger partial charge in [-0.15, -0.1) is 0 Å². The van der Waals surface area contributed by atoms with E-state index in [9.17, 15) is 9.59 Å². The Kier molecular flexibility index (Phi) is 8.63. The van der Waals surface area contributed by atoms with E-state index >= 15 is 0 Å². The largest absolute Gasteiger partial charge is 0.350 e. The zero-order valence-electron chi connectivity index (χ0n) is 22.1. The minimum absolute atomic E-state index is 0.147. The molecule has 0 spiro atoms. The van der Waals surface area contributed by atoms with E-state index in [1.807, 2.05) is 91.0 Å². The van der Waals surface area contributed by atoms with Crippen molar-refractivity contribution in [3.63, 3.8) is 0 Å².